The van der Waals surface area contributed by atoms with Crippen LogP contribution in [0.4, 0.5) is 0 Å². The molecule has 1 aliphatic rings. The molecule has 3 nitrogen and oxygen atoms in total. The molecule has 0 spiro atoms. The average Bonchev–Trinajstić information content (AvgIpc) is 2.81. The molecule has 3 heteroatoms. The second kappa shape index (κ2) is 8.59. The third kappa shape index (κ3) is 6.87. The summed E-state index contributed by atoms with van der Waals surface area (Å²) in [7, 11) is 0. The van der Waals surface area contributed by atoms with E-state index in [1.54, 1.807) is 0 Å². The average molecular weight is 180 g/mol. The predicted octanol–water partition coefficient (Wildman–Crippen LogP) is 1.71. The van der Waals surface area contributed by atoms with Crippen molar-refractivity contribution in [2.75, 3.05) is 6.54 Å². The third-order valence-corrected chi connectivity index (χ3v) is 1.40. The van der Waals surface area contributed by atoms with Crippen LogP contribution in [0.2, 0.25) is 0 Å². The highest BCUT2D eigenvalue weighted by atomic mass is 16.1. The zero-order valence-corrected chi connectivity index (χ0v) is 7.75. The van der Waals surface area contributed by atoms with Crippen LogP contribution in [-0.2, 0) is 4.79 Å². The van der Waals surface area contributed by atoms with Crippen LogP contribution in [-0.4, -0.2) is 17.4 Å². The standard InChI is InChI=1S/C4H7NO.C4H5N.C2H4/c6-4-2-1-3-5-4;1-2-4-5-3-1;1-2/h1-3H2,(H,5,6);1-5H;1-2H2. The van der Waals surface area contributed by atoms with Crippen LogP contribution < -0.4 is 5.32 Å². The zero-order valence-electron chi connectivity index (χ0n) is 7.75. The van der Waals surface area contributed by atoms with E-state index < -0.39 is 0 Å². The topological polar surface area (TPSA) is 44.9 Å². The summed E-state index contributed by atoms with van der Waals surface area (Å²) >= 11 is 0. The Bertz CT molecular complexity index is 181. The number of aromatic nitrogens is 1. The van der Waals surface area contributed by atoms with E-state index in [4.69, 9.17) is 0 Å². The summed E-state index contributed by atoms with van der Waals surface area (Å²) in [5, 5.41) is 2.68. The summed E-state index contributed by atoms with van der Waals surface area (Å²) in [4.78, 5) is 13.0. The molecule has 0 atom stereocenters. The molecule has 2 N–H and O–H groups in total. The zero-order chi connectivity index (χ0) is 9.94. The van der Waals surface area contributed by atoms with Gasteiger partial charge in [-0.3, -0.25) is 4.79 Å². The number of hydrogen-bond donors (Lipinski definition) is 2. The van der Waals surface area contributed by atoms with Gasteiger partial charge in [0.2, 0.25) is 5.91 Å². The Labute approximate surface area is 78.9 Å². The van der Waals surface area contributed by atoms with Gasteiger partial charge in [-0.25, -0.2) is 0 Å². The lowest BCUT2D eigenvalue weighted by Crippen LogP contribution is -2.12. The summed E-state index contributed by atoms with van der Waals surface area (Å²) in [5.74, 6) is 0.204. The summed E-state index contributed by atoms with van der Waals surface area (Å²) in [6, 6.07) is 3.89. The third-order valence-electron chi connectivity index (χ3n) is 1.40. The monoisotopic (exact) mass is 180 g/mol. The van der Waals surface area contributed by atoms with E-state index in [9.17, 15) is 4.79 Å². The summed E-state index contributed by atoms with van der Waals surface area (Å²) in [6.45, 7) is 6.89. The molecule has 2 heterocycles. The fourth-order valence-electron chi connectivity index (χ4n) is 0.843. The Hall–Kier alpha value is -1.51. The highest BCUT2D eigenvalue weighted by molar-refractivity contribution is 5.77. The first-order valence-corrected chi connectivity index (χ1v) is 4.24. The van der Waals surface area contributed by atoms with Gasteiger partial charge in [-0.15, -0.1) is 13.2 Å². The van der Waals surface area contributed by atoms with Gasteiger partial charge in [-0.2, -0.15) is 0 Å². The van der Waals surface area contributed by atoms with Gasteiger partial charge in [-0.05, 0) is 18.6 Å². The number of carbonyl (C=O) groups excluding carboxylic acids is 1. The number of H-pyrrole nitrogens is 1. The molecular weight excluding hydrogens is 164 g/mol. The molecule has 2 rings (SSSR count). The number of rotatable bonds is 0. The van der Waals surface area contributed by atoms with Crippen molar-refractivity contribution in [3.63, 3.8) is 0 Å². The number of nitrogens with one attached hydrogen (secondary N) is 2. The van der Waals surface area contributed by atoms with E-state index in [0.29, 0.717) is 0 Å². The van der Waals surface area contributed by atoms with E-state index in [1.807, 2.05) is 24.5 Å². The van der Waals surface area contributed by atoms with Crippen molar-refractivity contribution in [2.24, 2.45) is 0 Å². The molecule has 0 aromatic carbocycles. The van der Waals surface area contributed by atoms with Crippen molar-refractivity contribution in [3.8, 4) is 0 Å². The molecule has 0 bridgehead atoms. The number of carbonyl (C=O) groups is 1. The maximum Gasteiger partial charge on any atom is 0.220 e. The van der Waals surface area contributed by atoms with Crippen LogP contribution in [0.15, 0.2) is 37.7 Å². The van der Waals surface area contributed by atoms with Crippen molar-refractivity contribution in [3.05, 3.63) is 37.7 Å². The van der Waals surface area contributed by atoms with E-state index in [2.05, 4.69) is 23.5 Å². The summed E-state index contributed by atoms with van der Waals surface area (Å²) < 4.78 is 0. The van der Waals surface area contributed by atoms with Crippen LogP contribution >= 0.6 is 0 Å². The molecule has 0 unspecified atom stereocenters. The second-order valence-electron chi connectivity index (χ2n) is 2.34. The molecular formula is C10H16N2O. The van der Waals surface area contributed by atoms with Crippen LogP contribution in [0.1, 0.15) is 12.8 Å². The lowest BCUT2D eigenvalue weighted by Gasteiger charge is -1.80. The highest BCUT2D eigenvalue weighted by Crippen LogP contribution is 1.93. The molecule has 1 amide bonds. The van der Waals surface area contributed by atoms with Gasteiger partial charge < -0.3 is 10.3 Å². The molecule has 1 aliphatic heterocycles. The maximum atomic E-state index is 10.1. The number of hydrogen-bond acceptors (Lipinski definition) is 1. The molecule has 0 aliphatic carbocycles. The van der Waals surface area contributed by atoms with Crippen LogP contribution in [0.3, 0.4) is 0 Å². The van der Waals surface area contributed by atoms with Gasteiger partial charge in [0.25, 0.3) is 0 Å². The van der Waals surface area contributed by atoms with Gasteiger partial charge in [0, 0.05) is 25.4 Å². The molecule has 1 aromatic heterocycles. The fourth-order valence-corrected chi connectivity index (χ4v) is 0.843. The first-order valence-electron chi connectivity index (χ1n) is 4.24. The van der Waals surface area contributed by atoms with E-state index in [-0.39, 0.29) is 5.91 Å². The Balaban J connectivity index is 0.000000189. The Kier molecular flexibility index (Phi) is 7.59. The second-order valence-corrected chi connectivity index (χ2v) is 2.34. The van der Waals surface area contributed by atoms with E-state index >= 15 is 0 Å². The lowest BCUT2D eigenvalue weighted by molar-refractivity contribution is -0.119. The van der Waals surface area contributed by atoms with Gasteiger partial charge in [0.05, 0.1) is 0 Å². The quantitative estimate of drug-likeness (QED) is 0.586. The van der Waals surface area contributed by atoms with Gasteiger partial charge in [0.15, 0.2) is 0 Å². The Morgan fingerprint density at radius 2 is 1.85 bits per heavy atom. The molecule has 1 saturated heterocycles. The van der Waals surface area contributed by atoms with Crippen molar-refractivity contribution >= 4 is 5.91 Å². The van der Waals surface area contributed by atoms with E-state index in [0.717, 1.165) is 19.4 Å². The molecule has 1 aromatic rings. The SMILES string of the molecule is C=C.O=C1CCCN1.c1cc[nH]c1. The summed E-state index contributed by atoms with van der Waals surface area (Å²) in [6.07, 6.45) is 5.51. The fraction of sp³-hybridized carbons (Fsp3) is 0.300. The minimum Gasteiger partial charge on any atom is -0.368 e. The lowest BCUT2D eigenvalue weighted by atomic mass is 10.4. The van der Waals surface area contributed by atoms with E-state index in [1.165, 1.54) is 0 Å². The van der Waals surface area contributed by atoms with Crippen molar-refractivity contribution < 1.29 is 4.79 Å². The number of amides is 1. The predicted molar refractivity (Wildman–Crippen MR) is 54.3 cm³/mol. The Morgan fingerprint density at radius 1 is 1.23 bits per heavy atom. The minimum absolute atomic E-state index is 0.204. The molecule has 0 radical (unpaired) electrons. The minimum atomic E-state index is 0.204. The molecule has 0 saturated carbocycles. The molecule has 1 fully saturated rings. The van der Waals surface area contributed by atoms with Crippen molar-refractivity contribution in [1.29, 1.82) is 0 Å². The highest BCUT2D eigenvalue weighted by Gasteiger charge is 2.05. The smallest absolute Gasteiger partial charge is 0.220 e. The first kappa shape index (κ1) is 11.5. The van der Waals surface area contributed by atoms with Gasteiger partial charge in [0.1, 0.15) is 0 Å². The Morgan fingerprint density at radius 3 is 2.00 bits per heavy atom. The largest absolute Gasteiger partial charge is 0.368 e. The van der Waals surface area contributed by atoms with Crippen LogP contribution in [0.5, 0.6) is 0 Å². The van der Waals surface area contributed by atoms with Crippen molar-refractivity contribution in [2.45, 2.75) is 12.8 Å². The number of aromatic amines is 1. The summed E-state index contributed by atoms with van der Waals surface area (Å²) in [5.41, 5.74) is 0. The maximum absolute atomic E-state index is 10.1. The molecule has 72 valence electrons. The first-order chi connectivity index (χ1) is 6.39. The normalized spacial score (nSPS) is 13.1. The van der Waals surface area contributed by atoms with Gasteiger partial charge in [-0.1, -0.05) is 0 Å². The van der Waals surface area contributed by atoms with Crippen molar-refractivity contribution in [1.82, 2.24) is 10.3 Å². The van der Waals surface area contributed by atoms with Crippen LogP contribution in [0, 0.1) is 0 Å². The van der Waals surface area contributed by atoms with Crippen LogP contribution in [0.25, 0.3) is 0 Å². The molecule has 13 heavy (non-hydrogen) atoms. The van der Waals surface area contributed by atoms with Gasteiger partial charge >= 0.3 is 0 Å².